The van der Waals surface area contributed by atoms with Crippen molar-refractivity contribution in [2.75, 3.05) is 0 Å². The summed E-state index contributed by atoms with van der Waals surface area (Å²) in [6, 6.07) is 14.5. The Balaban J connectivity index is 2.00. The summed E-state index contributed by atoms with van der Waals surface area (Å²) in [4.78, 5) is 0.390. The lowest BCUT2D eigenvalue weighted by Crippen LogP contribution is -2.09. The van der Waals surface area contributed by atoms with Gasteiger partial charge < -0.3 is 10.3 Å². The summed E-state index contributed by atoms with van der Waals surface area (Å²) in [7, 11) is 0. The molecular weight excluding hydrogens is 271 g/mol. The van der Waals surface area contributed by atoms with E-state index in [1.165, 1.54) is 12.1 Å². The normalized spacial score (nSPS) is 10.8. The first-order valence-corrected chi connectivity index (χ1v) is 6.67. The summed E-state index contributed by atoms with van der Waals surface area (Å²) in [5.74, 6) is -0.220. The van der Waals surface area contributed by atoms with Crippen LogP contribution in [0.2, 0.25) is 0 Å². The Hall–Kier alpha value is -2.20. The smallest absolute Gasteiger partial charge is 0.123 e. The lowest BCUT2D eigenvalue weighted by atomic mass is 10.1. The number of nitrogens with zero attached hydrogens (tertiary/aromatic N) is 1. The highest BCUT2D eigenvalue weighted by Gasteiger charge is 2.05. The molecular formula is C16H13FN2S. The van der Waals surface area contributed by atoms with Gasteiger partial charge in [-0.2, -0.15) is 0 Å². The molecule has 0 atom stereocenters. The third kappa shape index (κ3) is 2.42. The number of aromatic nitrogens is 1. The van der Waals surface area contributed by atoms with E-state index < -0.39 is 0 Å². The van der Waals surface area contributed by atoms with E-state index in [1.54, 1.807) is 12.1 Å². The summed E-state index contributed by atoms with van der Waals surface area (Å²) in [6.07, 6.45) is 2.01. The number of thiocarbonyl (C=S) groups is 1. The van der Waals surface area contributed by atoms with Crippen LogP contribution in [-0.2, 0) is 6.54 Å². The number of fused-ring (bicyclic) bond motifs is 1. The van der Waals surface area contributed by atoms with Gasteiger partial charge in [-0.3, -0.25) is 0 Å². The van der Waals surface area contributed by atoms with Gasteiger partial charge in [0.1, 0.15) is 10.8 Å². The Labute approximate surface area is 121 Å². The van der Waals surface area contributed by atoms with Crippen molar-refractivity contribution in [1.82, 2.24) is 4.57 Å². The highest BCUT2D eigenvalue weighted by atomic mass is 32.1. The van der Waals surface area contributed by atoms with Crippen molar-refractivity contribution in [1.29, 1.82) is 0 Å². The molecule has 100 valence electrons. The van der Waals surface area contributed by atoms with Gasteiger partial charge in [0, 0.05) is 23.8 Å². The molecule has 0 aliphatic carbocycles. The van der Waals surface area contributed by atoms with Crippen molar-refractivity contribution < 1.29 is 4.39 Å². The topological polar surface area (TPSA) is 30.9 Å². The Morgan fingerprint density at radius 1 is 1.10 bits per heavy atom. The number of hydrogen-bond donors (Lipinski definition) is 1. The van der Waals surface area contributed by atoms with E-state index >= 15 is 0 Å². The number of halogens is 1. The van der Waals surface area contributed by atoms with Crippen molar-refractivity contribution in [3.05, 3.63) is 71.7 Å². The molecule has 1 aromatic heterocycles. The zero-order chi connectivity index (χ0) is 14.1. The first kappa shape index (κ1) is 12.8. The van der Waals surface area contributed by atoms with Gasteiger partial charge in [0.05, 0.1) is 0 Å². The van der Waals surface area contributed by atoms with E-state index in [0.29, 0.717) is 11.5 Å². The molecule has 2 nitrogen and oxygen atoms in total. The molecule has 2 aromatic carbocycles. The Morgan fingerprint density at radius 3 is 2.55 bits per heavy atom. The Kier molecular flexibility index (Phi) is 3.24. The van der Waals surface area contributed by atoms with Crippen LogP contribution in [0.5, 0.6) is 0 Å². The van der Waals surface area contributed by atoms with Gasteiger partial charge in [0.25, 0.3) is 0 Å². The van der Waals surface area contributed by atoms with E-state index in [0.717, 1.165) is 22.0 Å². The first-order valence-electron chi connectivity index (χ1n) is 6.26. The van der Waals surface area contributed by atoms with E-state index in [1.807, 2.05) is 30.5 Å². The second-order valence-corrected chi connectivity index (χ2v) is 5.15. The zero-order valence-electron chi connectivity index (χ0n) is 10.7. The van der Waals surface area contributed by atoms with E-state index in [9.17, 15) is 4.39 Å². The fourth-order valence-electron chi connectivity index (χ4n) is 2.26. The Bertz CT molecular complexity index is 775. The fourth-order valence-corrected chi connectivity index (χ4v) is 2.39. The SMILES string of the molecule is NC(=S)c1ccc2ccn(Cc3ccc(F)cc3)c2c1. The molecule has 0 saturated heterocycles. The minimum atomic E-state index is -0.220. The first-order chi connectivity index (χ1) is 9.63. The van der Waals surface area contributed by atoms with Crippen LogP contribution >= 0.6 is 12.2 Å². The van der Waals surface area contributed by atoms with Crippen LogP contribution in [0.4, 0.5) is 4.39 Å². The average molecular weight is 284 g/mol. The predicted octanol–water partition coefficient (Wildman–Crippen LogP) is 3.46. The number of nitrogens with two attached hydrogens (primary N) is 1. The third-order valence-electron chi connectivity index (χ3n) is 3.32. The molecule has 20 heavy (non-hydrogen) atoms. The number of hydrogen-bond acceptors (Lipinski definition) is 1. The molecule has 2 N–H and O–H groups in total. The van der Waals surface area contributed by atoms with E-state index in [-0.39, 0.29) is 5.82 Å². The van der Waals surface area contributed by atoms with Crippen molar-refractivity contribution in [2.24, 2.45) is 5.73 Å². The molecule has 1 heterocycles. The van der Waals surface area contributed by atoms with Crippen molar-refractivity contribution in [3.8, 4) is 0 Å². The van der Waals surface area contributed by atoms with Crippen molar-refractivity contribution in [2.45, 2.75) is 6.54 Å². The lowest BCUT2D eigenvalue weighted by Gasteiger charge is -2.07. The predicted molar refractivity (Wildman–Crippen MR) is 83.3 cm³/mol. The second kappa shape index (κ2) is 5.06. The molecule has 3 rings (SSSR count). The molecule has 0 radical (unpaired) electrons. The number of rotatable bonds is 3. The van der Waals surface area contributed by atoms with Crippen LogP contribution in [0.15, 0.2) is 54.7 Å². The summed E-state index contributed by atoms with van der Waals surface area (Å²) >= 11 is 5.01. The van der Waals surface area contributed by atoms with Gasteiger partial charge in [-0.25, -0.2) is 4.39 Å². The standard InChI is InChI=1S/C16H13FN2S/c17-14-5-1-11(2-6-14)10-19-8-7-12-3-4-13(16(18)20)9-15(12)19/h1-9H,10H2,(H2,18,20). The quantitative estimate of drug-likeness (QED) is 0.747. The van der Waals surface area contributed by atoms with Crippen LogP contribution in [0.3, 0.4) is 0 Å². The second-order valence-electron chi connectivity index (χ2n) is 4.71. The van der Waals surface area contributed by atoms with Gasteiger partial charge in [-0.15, -0.1) is 0 Å². The summed E-state index contributed by atoms with van der Waals surface area (Å²) in [6.45, 7) is 0.685. The summed E-state index contributed by atoms with van der Waals surface area (Å²) in [5.41, 5.74) is 8.64. The molecule has 0 aliphatic rings. The van der Waals surface area contributed by atoms with E-state index in [2.05, 4.69) is 4.57 Å². The van der Waals surface area contributed by atoms with Crippen LogP contribution in [-0.4, -0.2) is 9.56 Å². The molecule has 0 aliphatic heterocycles. The maximum Gasteiger partial charge on any atom is 0.123 e. The third-order valence-corrected chi connectivity index (χ3v) is 3.56. The molecule has 0 bridgehead atoms. The Morgan fingerprint density at radius 2 is 1.85 bits per heavy atom. The van der Waals surface area contributed by atoms with Gasteiger partial charge in [-0.1, -0.05) is 36.5 Å². The lowest BCUT2D eigenvalue weighted by molar-refractivity contribution is 0.626. The highest BCUT2D eigenvalue weighted by Crippen LogP contribution is 2.19. The van der Waals surface area contributed by atoms with Crippen molar-refractivity contribution in [3.63, 3.8) is 0 Å². The molecule has 3 aromatic rings. The zero-order valence-corrected chi connectivity index (χ0v) is 11.5. The maximum atomic E-state index is 12.9. The van der Waals surface area contributed by atoms with Crippen LogP contribution < -0.4 is 5.73 Å². The highest BCUT2D eigenvalue weighted by molar-refractivity contribution is 7.80. The van der Waals surface area contributed by atoms with Gasteiger partial charge in [0.2, 0.25) is 0 Å². The summed E-state index contributed by atoms with van der Waals surface area (Å²) in [5, 5.41) is 1.13. The van der Waals surface area contributed by atoms with E-state index in [4.69, 9.17) is 18.0 Å². The summed E-state index contributed by atoms with van der Waals surface area (Å²) < 4.78 is 15.0. The molecule has 0 unspecified atom stereocenters. The maximum absolute atomic E-state index is 12.9. The molecule has 0 spiro atoms. The van der Waals surface area contributed by atoms with Crippen LogP contribution in [0, 0.1) is 5.82 Å². The van der Waals surface area contributed by atoms with Gasteiger partial charge in [-0.05, 0) is 35.2 Å². The average Bonchev–Trinajstić information content (AvgIpc) is 2.84. The van der Waals surface area contributed by atoms with Crippen LogP contribution in [0.1, 0.15) is 11.1 Å². The largest absolute Gasteiger partial charge is 0.389 e. The minimum absolute atomic E-state index is 0.220. The minimum Gasteiger partial charge on any atom is -0.389 e. The van der Waals surface area contributed by atoms with Crippen molar-refractivity contribution >= 4 is 28.1 Å². The van der Waals surface area contributed by atoms with Gasteiger partial charge >= 0.3 is 0 Å². The molecule has 4 heteroatoms. The molecule has 0 amide bonds. The number of benzene rings is 2. The molecule has 0 fully saturated rings. The monoisotopic (exact) mass is 284 g/mol. The fraction of sp³-hybridized carbons (Fsp3) is 0.0625. The van der Waals surface area contributed by atoms with Gasteiger partial charge in [0.15, 0.2) is 0 Å². The molecule has 0 saturated carbocycles. The van der Waals surface area contributed by atoms with Crippen LogP contribution in [0.25, 0.3) is 10.9 Å².